The highest BCUT2D eigenvalue weighted by Crippen LogP contribution is 2.30. The van der Waals surface area contributed by atoms with Gasteiger partial charge in [-0.1, -0.05) is 30.7 Å². The Hall–Kier alpha value is -3.39. The number of anilines is 1. The van der Waals surface area contributed by atoms with Crippen molar-refractivity contribution in [2.75, 3.05) is 25.1 Å². The van der Waals surface area contributed by atoms with E-state index in [1.54, 1.807) is 28.5 Å². The van der Waals surface area contributed by atoms with Crippen LogP contribution in [0.3, 0.4) is 0 Å². The van der Waals surface area contributed by atoms with Gasteiger partial charge in [0.15, 0.2) is 0 Å². The summed E-state index contributed by atoms with van der Waals surface area (Å²) in [5.41, 5.74) is 3.72. The lowest BCUT2D eigenvalue weighted by Crippen LogP contribution is -2.32. The molecule has 34 heavy (non-hydrogen) atoms. The van der Waals surface area contributed by atoms with Crippen molar-refractivity contribution in [3.63, 3.8) is 0 Å². The molecule has 2 aromatic rings. The Morgan fingerprint density at radius 3 is 2.32 bits per heavy atom. The molecule has 0 saturated heterocycles. The standard InChI is InChI=1S/C26H35N3O5/c1-4-28(5-2)26(32)21-13-11-12-20(18-21)19-29(22-14-9-10-15-23(22)34-3)25(31)17-8-6-7-16-24(30)27-33/h9-15,18,33H,4-8,16-17,19H2,1-3H3,(H,27,30). The van der Waals surface area contributed by atoms with Crippen molar-refractivity contribution in [2.45, 2.75) is 52.5 Å². The molecule has 0 fully saturated rings. The van der Waals surface area contributed by atoms with E-state index in [0.29, 0.717) is 62.3 Å². The number of amides is 3. The second kappa shape index (κ2) is 14.0. The zero-order chi connectivity index (χ0) is 24.9. The molecular weight excluding hydrogens is 434 g/mol. The van der Waals surface area contributed by atoms with Crippen LogP contribution in [0.1, 0.15) is 61.9 Å². The maximum Gasteiger partial charge on any atom is 0.253 e. The van der Waals surface area contributed by atoms with Gasteiger partial charge in [0, 0.05) is 31.5 Å². The van der Waals surface area contributed by atoms with E-state index in [0.717, 1.165) is 5.56 Å². The van der Waals surface area contributed by atoms with Crippen LogP contribution in [0.15, 0.2) is 48.5 Å². The first-order valence-electron chi connectivity index (χ1n) is 11.7. The van der Waals surface area contributed by atoms with Gasteiger partial charge in [-0.2, -0.15) is 0 Å². The Morgan fingerprint density at radius 2 is 1.65 bits per heavy atom. The Bertz CT molecular complexity index is 959. The van der Waals surface area contributed by atoms with Gasteiger partial charge in [0.2, 0.25) is 11.8 Å². The van der Waals surface area contributed by atoms with Crippen LogP contribution in [0, 0.1) is 0 Å². The zero-order valence-electron chi connectivity index (χ0n) is 20.3. The van der Waals surface area contributed by atoms with Gasteiger partial charge in [-0.3, -0.25) is 19.6 Å². The lowest BCUT2D eigenvalue weighted by molar-refractivity contribution is -0.129. The SMILES string of the molecule is CCN(CC)C(=O)c1cccc(CN(C(=O)CCCCCC(=O)NO)c2ccccc2OC)c1. The van der Waals surface area contributed by atoms with Crippen molar-refractivity contribution in [1.82, 2.24) is 10.4 Å². The fourth-order valence-corrected chi connectivity index (χ4v) is 3.77. The number of rotatable bonds is 13. The molecule has 0 heterocycles. The molecular formula is C26H35N3O5. The lowest BCUT2D eigenvalue weighted by atomic mass is 10.1. The summed E-state index contributed by atoms with van der Waals surface area (Å²) in [7, 11) is 1.57. The first-order valence-corrected chi connectivity index (χ1v) is 11.7. The monoisotopic (exact) mass is 469 g/mol. The number of benzene rings is 2. The summed E-state index contributed by atoms with van der Waals surface area (Å²) in [4.78, 5) is 40.7. The van der Waals surface area contributed by atoms with E-state index in [9.17, 15) is 14.4 Å². The predicted octanol–water partition coefficient (Wildman–Crippen LogP) is 4.17. The lowest BCUT2D eigenvalue weighted by Gasteiger charge is -2.25. The molecule has 0 saturated carbocycles. The van der Waals surface area contributed by atoms with Crippen LogP contribution in [0.2, 0.25) is 0 Å². The maximum atomic E-state index is 13.3. The summed E-state index contributed by atoms with van der Waals surface area (Å²) in [6.07, 6.45) is 2.41. The van der Waals surface area contributed by atoms with Gasteiger partial charge < -0.3 is 14.5 Å². The van der Waals surface area contributed by atoms with Crippen LogP contribution >= 0.6 is 0 Å². The fraction of sp³-hybridized carbons (Fsp3) is 0.423. The number of hydrogen-bond donors (Lipinski definition) is 2. The van der Waals surface area contributed by atoms with Gasteiger partial charge in [-0.05, 0) is 56.5 Å². The molecule has 0 spiro atoms. The minimum Gasteiger partial charge on any atom is -0.495 e. The molecule has 8 heteroatoms. The number of carbonyl (C=O) groups is 3. The van der Waals surface area contributed by atoms with Gasteiger partial charge in [-0.15, -0.1) is 0 Å². The largest absolute Gasteiger partial charge is 0.495 e. The molecule has 0 radical (unpaired) electrons. The third kappa shape index (κ3) is 7.59. The summed E-state index contributed by atoms with van der Waals surface area (Å²) >= 11 is 0. The molecule has 0 unspecified atom stereocenters. The van der Waals surface area contributed by atoms with E-state index in [1.807, 2.05) is 56.3 Å². The van der Waals surface area contributed by atoms with Gasteiger partial charge in [0.05, 0.1) is 19.3 Å². The average Bonchev–Trinajstić information content (AvgIpc) is 2.87. The quantitative estimate of drug-likeness (QED) is 0.261. The number of nitrogens with one attached hydrogen (secondary N) is 1. The average molecular weight is 470 g/mol. The third-order valence-electron chi connectivity index (χ3n) is 5.66. The van der Waals surface area contributed by atoms with Gasteiger partial charge in [0.25, 0.3) is 5.91 Å². The van der Waals surface area contributed by atoms with Crippen molar-refractivity contribution in [2.24, 2.45) is 0 Å². The van der Waals surface area contributed by atoms with E-state index < -0.39 is 5.91 Å². The second-order valence-electron chi connectivity index (χ2n) is 7.93. The Kier molecular flexibility index (Phi) is 11.1. The molecule has 0 aliphatic rings. The molecule has 0 atom stereocenters. The minimum absolute atomic E-state index is 0.0334. The number of nitrogens with zero attached hydrogens (tertiary/aromatic N) is 2. The minimum atomic E-state index is -0.430. The topological polar surface area (TPSA) is 99.2 Å². The van der Waals surface area contributed by atoms with Crippen molar-refractivity contribution < 1.29 is 24.3 Å². The van der Waals surface area contributed by atoms with Gasteiger partial charge in [0.1, 0.15) is 5.75 Å². The summed E-state index contributed by atoms with van der Waals surface area (Å²) in [6.45, 7) is 5.45. The predicted molar refractivity (Wildman–Crippen MR) is 131 cm³/mol. The van der Waals surface area contributed by atoms with E-state index in [4.69, 9.17) is 9.94 Å². The second-order valence-corrected chi connectivity index (χ2v) is 7.93. The summed E-state index contributed by atoms with van der Waals surface area (Å²) in [5, 5.41) is 8.58. The number of methoxy groups -OCH3 is 1. The van der Waals surface area contributed by atoms with Crippen LogP contribution in [-0.2, 0) is 16.1 Å². The van der Waals surface area contributed by atoms with Crippen molar-refractivity contribution in [3.8, 4) is 5.75 Å². The number of hydrogen-bond acceptors (Lipinski definition) is 5. The first kappa shape index (κ1) is 26.9. The van der Waals surface area contributed by atoms with Crippen molar-refractivity contribution in [1.29, 1.82) is 0 Å². The van der Waals surface area contributed by atoms with Crippen LogP contribution in [0.5, 0.6) is 5.75 Å². The van der Waals surface area contributed by atoms with E-state index in [2.05, 4.69) is 0 Å². The molecule has 3 amide bonds. The fourth-order valence-electron chi connectivity index (χ4n) is 3.77. The van der Waals surface area contributed by atoms with Gasteiger partial charge >= 0.3 is 0 Å². The highest BCUT2D eigenvalue weighted by Gasteiger charge is 2.20. The summed E-state index contributed by atoms with van der Waals surface area (Å²) in [6, 6.07) is 14.7. The molecule has 0 aliphatic carbocycles. The molecule has 2 N–H and O–H groups in total. The smallest absolute Gasteiger partial charge is 0.253 e. The number of hydroxylamine groups is 1. The molecule has 2 aromatic carbocycles. The zero-order valence-corrected chi connectivity index (χ0v) is 20.3. The van der Waals surface area contributed by atoms with E-state index >= 15 is 0 Å². The molecule has 0 aromatic heterocycles. The highest BCUT2D eigenvalue weighted by molar-refractivity contribution is 5.96. The number of ether oxygens (including phenoxy) is 1. The molecule has 184 valence electrons. The number of carbonyl (C=O) groups excluding carboxylic acids is 3. The Labute approximate surface area is 201 Å². The van der Waals surface area contributed by atoms with Crippen LogP contribution in [-0.4, -0.2) is 48.0 Å². The first-order chi connectivity index (χ1) is 16.4. The highest BCUT2D eigenvalue weighted by atomic mass is 16.5. The molecule has 0 bridgehead atoms. The van der Waals surface area contributed by atoms with E-state index in [1.165, 1.54) is 0 Å². The summed E-state index contributed by atoms with van der Waals surface area (Å²) < 4.78 is 5.50. The van der Waals surface area contributed by atoms with Crippen LogP contribution in [0.4, 0.5) is 5.69 Å². The van der Waals surface area contributed by atoms with E-state index in [-0.39, 0.29) is 18.2 Å². The molecule has 0 aliphatic heterocycles. The molecule has 2 rings (SSSR count). The van der Waals surface area contributed by atoms with Crippen molar-refractivity contribution >= 4 is 23.4 Å². The van der Waals surface area contributed by atoms with Crippen LogP contribution in [0.25, 0.3) is 0 Å². The number of para-hydroxylation sites is 2. The normalized spacial score (nSPS) is 10.5. The van der Waals surface area contributed by atoms with Gasteiger partial charge in [-0.25, -0.2) is 5.48 Å². The Morgan fingerprint density at radius 1 is 0.941 bits per heavy atom. The van der Waals surface area contributed by atoms with Crippen LogP contribution < -0.4 is 15.1 Å². The summed E-state index contributed by atoms with van der Waals surface area (Å²) in [5.74, 6) is 0.0532. The third-order valence-corrected chi connectivity index (χ3v) is 5.66. The maximum absolute atomic E-state index is 13.3. The number of unbranched alkanes of at least 4 members (excludes halogenated alkanes) is 2. The molecule has 8 nitrogen and oxygen atoms in total. The Balaban J connectivity index is 2.21. The van der Waals surface area contributed by atoms with Crippen molar-refractivity contribution in [3.05, 3.63) is 59.7 Å².